The van der Waals surface area contributed by atoms with Gasteiger partial charge in [0.1, 0.15) is 12.4 Å². The lowest BCUT2D eigenvalue weighted by Crippen LogP contribution is -2.40. The molecule has 1 aliphatic rings. The highest BCUT2D eigenvalue weighted by Crippen LogP contribution is 2.26. The van der Waals surface area contributed by atoms with Gasteiger partial charge in [-0.1, -0.05) is 23.7 Å². The molecule has 0 amide bonds. The smallest absolute Gasteiger partial charge is 0.309 e. The first-order valence-corrected chi connectivity index (χ1v) is 11.4. The lowest BCUT2D eigenvalue weighted by atomic mass is 9.98. The van der Waals surface area contributed by atoms with Crippen molar-refractivity contribution in [3.05, 3.63) is 59.1 Å². The van der Waals surface area contributed by atoms with Crippen molar-refractivity contribution in [2.45, 2.75) is 31.3 Å². The number of piperidine rings is 1. The number of carbonyl (C=O) groups is 1. The largest absolute Gasteiger partial charge is 0.494 e. The SMILES string of the molecule is CCOc1ccc(S(=O)(=O)N2CCC(C(=O)OCc3ccc(Cl)cc3)CC2)cc1. The van der Waals surface area contributed by atoms with E-state index in [0.29, 0.717) is 30.2 Å². The van der Waals surface area contributed by atoms with Crippen LogP contribution in [-0.2, 0) is 26.2 Å². The summed E-state index contributed by atoms with van der Waals surface area (Å²) >= 11 is 5.84. The van der Waals surface area contributed by atoms with E-state index in [1.165, 1.54) is 4.31 Å². The van der Waals surface area contributed by atoms with E-state index in [0.717, 1.165) is 5.56 Å². The maximum absolute atomic E-state index is 12.8. The van der Waals surface area contributed by atoms with E-state index in [-0.39, 0.29) is 36.5 Å². The Bertz CT molecular complexity index is 921. The van der Waals surface area contributed by atoms with Gasteiger partial charge in [-0.05, 0) is 61.7 Å². The zero-order chi connectivity index (χ0) is 20.9. The standard InChI is InChI=1S/C21H24ClNO5S/c1-2-27-19-7-9-20(10-8-19)29(25,26)23-13-11-17(12-14-23)21(24)28-15-16-3-5-18(22)6-4-16/h3-10,17H,2,11-15H2,1H3. The first-order chi connectivity index (χ1) is 13.9. The molecule has 0 bridgehead atoms. The summed E-state index contributed by atoms with van der Waals surface area (Å²) in [5.74, 6) is 0.0423. The summed E-state index contributed by atoms with van der Waals surface area (Å²) < 4.78 is 37.8. The van der Waals surface area contributed by atoms with Gasteiger partial charge in [-0.15, -0.1) is 0 Å². The molecule has 1 heterocycles. The van der Waals surface area contributed by atoms with Gasteiger partial charge in [0.05, 0.1) is 17.4 Å². The molecule has 2 aromatic carbocycles. The molecule has 1 saturated heterocycles. The normalized spacial score (nSPS) is 15.8. The molecule has 2 aromatic rings. The second-order valence-electron chi connectivity index (χ2n) is 6.82. The lowest BCUT2D eigenvalue weighted by Gasteiger charge is -2.30. The Morgan fingerprint density at radius 2 is 1.69 bits per heavy atom. The molecule has 3 rings (SSSR count). The monoisotopic (exact) mass is 437 g/mol. The van der Waals surface area contributed by atoms with E-state index in [1.54, 1.807) is 36.4 Å². The Kier molecular flexibility index (Phi) is 7.16. The van der Waals surface area contributed by atoms with Gasteiger partial charge in [-0.3, -0.25) is 4.79 Å². The van der Waals surface area contributed by atoms with Gasteiger partial charge in [0.15, 0.2) is 0 Å². The number of sulfonamides is 1. The Balaban J connectivity index is 1.53. The summed E-state index contributed by atoms with van der Waals surface area (Å²) in [6.45, 7) is 3.15. The molecule has 156 valence electrons. The summed E-state index contributed by atoms with van der Waals surface area (Å²) in [4.78, 5) is 12.6. The molecular weight excluding hydrogens is 414 g/mol. The number of esters is 1. The highest BCUT2D eigenvalue weighted by molar-refractivity contribution is 7.89. The maximum atomic E-state index is 12.8. The third-order valence-corrected chi connectivity index (χ3v) is 7.02. The molecule has 8 heteroatoms. The molecule has 0 spiro atoms. The first-order valence-electron chi connectivity index (χ1n) is 9.54. The van der Waals surface area contributed by atoms with Gasteiger partial charge >= 0.3 is 5.97 Å². The van der Waals surface area contributed by atoms with Crippen molar-refractivity contribution in [1.82, 2.24) is 4.31 Å². The fraction of sp³-hybridized carbons (Fsp3) is 0.381. The van der Waals surface area contributed by atoms with E-state index in [9.17, 15) is 13.2 Å². The van der Waals surface area contributed by atoms with Crippen LogP contribution in [0.15, 0.2) is 53.4 Å². The van der Waals surface area contributed by atoms with Gasteiger partial charge in [0.25, 0.3) is 0 Å². The quantitative estimate of drug-likeness (QED) is 0.614. The van der Waals surface area contributed by atoms with Crippen molar-refractivity contribution < 1.29 is 22.7 Å². The Morgan fingerprint density at radius 3 is 2.28 bits per heavy atom. The van der Waals surface area contributed by atoms with Crippen LogP contribution in [0.25, 0.3) is 0 Å². The molecule has 1 fully saturated rings. The molecule has 0 radical (unpaired) electrons. The van der Waals surface area contributed by atoms with E-state index in [2.05, 4.69) is 0 Å². The van der Waals surface area contributed by atoms with E-state index in [1.807, 2.05) is 19.1 Å². The topological polar surface area (TPSA) is 72.9 Å². The molecule has 29 heavy (non-hydrogen) atoms. The predicted octanol–water partition coefficient (Wildman–Crippen LogP) is 3.88. The van der Waals surface area contributed by atoms with E-state index >= 15 is 0 Å². The zero-order valence-electron chi connectivity index (χ0n) is 16.2. The van der Waals surface area contributed by atoms with Gasteiger partial charge in [0.2, 0.25) is 10.0 Å². The van der Waals surface area contributed by atoms with Crippen LogP contribution in [0.3, 0.4) is 0 Å². The summed E-state index contributed by atoms with van der Waals surface area (Å²) in [7, 11) is -3.59. The van der Waals surface area contributed by atoms with Crippen molar-refractivity contribution in [2.24, 2.45) is 5.92 Å². The van der Waals surface area contributed by atoms with Crippen LogP contribution in [0.5, 0.6) is 5.75 Å². The van der Waals surface area contributed by atoms with Crippen LogP contribution in [0.2, 0.25) is 5.02 Å². The number of nitrogens with zero attached hydrogens (tertiary/aromatic N) is 1. The molecule has 0 aromatic heterocycles. The summed E-state index contributed by atoms with van der Waals surface area (Å²) in [5, 5.41) is 0.626. The third kappa shape index (κ3) is 5.50. The van der Waals surface area contributed by atoms with Crippen LogP contribution in [-0.4, -0.2) is 38.4 Å². The van der Waals surface area contributed by atoms with Gasteiger partial charge < -0.3 is 9.47 Å². The van der Waals surface area contributed by atoms with Crippen LogP contribution in [0.1, 0.15) is 25.3 Å². The Labute approximate surface area is 176 Å². The van der Waals surface area contributed by atoms with Crippen LogP contribution in [0.4, 0.5) is 0 Å². The average Bonchev–Trinajstić information content (AvgIpc) is 2.74. The van der Waals surface area contributed by atoms with Gasteiger partial charge in [-0.2, -0.15) is 4.31 Å². The Morgan fingerprint density at radius 1 is 1.07 bits per heavy atom. The predicted molar refractivity (Wildman–Crippen MR) is 110 cm³/mol. The molecule has 0 atom stereocenters. The van der Waals surface area contributed by atoms with Crippen LogP contribution < -0.4 is 4.74 Å². The molecule has 0 unspecified atom stereocenters. The second kappa shape index (κ2) is 9.61. The number of carbonyl (C=O) groups excluding carboxylic acids is 1. The third-order valence-electron chi connectivity index (χ3n) is 4.85. The molecule has 6 nitrogen and oxygen atoms in total. The summed E-state index contributed by atoms with van der Waals surface area (Å²) in [6.07, 6.45) is 0.880. The molecule has 0 saturated carbocycles. The van der Waals surface area contributed by atoms with Gasteiger partial charge in [0, 0.05) is 18.1 Å². The van der Waals surface area contributed by atoms with Crippen molar-refractivity contribution in [3.63, 3.8) is 0 Å². The van der Waals surface area contributed by atoms with Crippen molar-refractivity contribution in [3.8, 4) is 5.75 Å². The number of hydrogen-bond acceptors (Lipinski definition) is 5. The van der Waals surface area contributed by atoms with E-state index < -0.39 is 10.0 Å². The molecule has 1 aliphatic heterocycles. The summed E-state index contributed by atoms with van der Waals surface area (Å²) in [6, 6.07) is 13.5. The van der Waals surface area contributed by atoms with Gasteiger partial charge in [-0.25, -0.2) is 8.42 Å². The van der Waals surface area contributed by atoms with Crippen LogP contribution >= 0.6 is 11.6 Å². The van der Waals surface area contributed by atoms with Crippen molar-refractivity contribution in [1.29, 1.82) is 0 Å². The lowest BCUT2D eigenvalue weighted by molar-refractivity contribution is -0.151. The molecule has 0 N–H and O–H groups in total. The highest BCUT2D eigenvalue weighted by Gasteiger charge is 2.32. The molecular formula is C21H24ClNO5S. The number of halogens is 1. The highest BCUT2D eigenvalue weighted by atomic mass is 35.5. The number of hydrogen-bond donors (Lipinski definition) is 0. The fourth-order valence-corrected chi connectivity index (χ4v) is 4.80. The number of benzene rings is 2. The minimum Gasteiger partial charge on any atom is -0.494 e. The zero-order valence-corrected chi connectivity index (χ0v) is 17.8. The second-order valence-corrected chi connectivity index (χ2v) is 9.19. The fourth-order valence-electron chi connectivity index (χ4n) is 3.21. The van der Waals surface area contributed by atoms with Crippen LogP contribution in [0, 0.1) is 5.92 Å². The number of ether oxygens (including phenoxy) is 2. The maximum Gasteiger partial charge on any atom is 0.309 e. The van der Waals surface area contributed by atoms with Crippen molar-refractivity contribution >= 4 is 27.6 Å². The van der Waals surface area contributed by atoms with E-state index in [4.69, 9.17) is 21.1 Å². The average molecular weight is 438 g/mol. The minimum atomic E-state index is -3.59. The number of rotatable bonds is 7. The Hall–Kier alpha value is -2.09. The summed E-state index contributed by atoms with van der Waals surface area (Å²) in [5.41, 5.74) is 0.860. The molecule has 0 aliphatic carbocycles. The first kappa shape index (κ1) is 21.6. The minimum absolute atomic E-state index is 0.181. The van der Waals surface area contributed by atoms with Crippen molar-refractivity contribution in [2.75, 3.05) is 19.7 Å².